The van der Waals surface area contributed by atoms with Gasteiger partial charge in [-0.1, -0.05) is 6.07 Å². The first-order valence-electron chi connectivity index (χ1n) is 10.3. The molecule has 0 aliphatic heterocycles. The minimum absolute atomic E-state index is 0.115. The Morgan fingerprint density at radius 1 is 0.886 bits per heavy atom. The number of rotatable bonds is 6. The van der Waals surface area contributed by atoms with Crippen LogP contribution in [0.2, 0.25) is 0 Å². The first kappa shape index (κ1) is 22.5. The Bertz CT molecular complexity index is 1620. The first-order chi connectivity index (χ1) is 16.8. The summed E-state index contributed by atoms with van der Waals surface area (Å²) in [6.07, 6.45) is 5.77. The maximum absolute atomic E-state index is 14.3. The van der Waals surface area contributed by atoms with Gasteiger partial charge in [0, 0.05) is 30.1 Å². The number of hydrogen-bond donors (Lipinski definition) is 1. The van der Waals surface area contributed by atoms with Crippen LogP contribution in [0.3, 0.4) is 0 Å². The van der Waals surface area contributed by atoms with Gasteiger partial charge in [0.25, 0.3) is 0 Å². The second kappa shape index (κ2) is 8.80. The number of hydrogen-bond acceptors (Lipinski definition) is 6. The zero-order valence-electron chi connectivity index (χ0n) is 18.2. The molecule has 0 bridgehead atoms. The van der Waals surface area contributed by atoms with Gasteiger partial charge in [-0.25, -0.2) is 17.2 Å². The fourth-order valence-corrected chi connectivity index (χ4v) is 4.11. The van der Waals surface area contributed by atoms with E-state index in [1.807, 2.05) is 0 Å². The summed E-state index contributed by atoms with van der Waals surface area (Å²) in [5.41, 5.74) is 1.64. The van der Waals surface area contributed by atoms with Crippen LogP contribution in [0.4, 0.5) is 8.78 Å². The number of H-pyrrole nitrogens is 1. The molecule has 0 amide bonds. The molecule has 7 nitrogen and oxygen atoms in total. The van der Waals surface area contributed by atoms with Crippen molar-refractivity contribution in [3.05, 3.63) is 90.9 Å². The van der Waals surface area contributed by atoms with Crippen molar-refractivity contribution in [2.75, 3.05) is 6.26 Å². The van der Waals surface area contributed by atoms with Crippen molar-refractivity contribution >= 4 is 20.7 Å². The molecule has 0 saturated carbocycles. The lowest BCUT2D eigenvalue weighted by atomic mass is 10.2. The molecular weight excluding hydrogens is 476 g/mol. The Morgan fingerprint density at radius 2 is 1.63 bits per heavy atom. The number of para-hydroxylation sites is 1. The van der Waals surface area contributed by atoms with Gasteiger partial charge < -0.3 is 14.5 Å². The van der Waals surface area contributed by atoms with Crippen LogP contribution in [-0.2, 0) is 9.84 Å². The van der Waals surface area contributed by atoms with E-state index in [1.165, 1.54) is 36.4 Å². The van der Waals surface area contributed by atoms with Crippen molar-refractivity contribution in [2.24, 2.45) is 0 Å². The van der Waals surface area contributed by atoms with Gasteiger partial charge in [-0.05, 0) is 48.5 Å². The van der Waals surface area contributed by atoms with E-state index in [0.717, 1.165) is 18.4 Å². The Hall–Kier alpha value is -4.31. The molecule has 2 aromatic heterocycles. The lowest BCUT2D eigenvalue weighted by molar-refractivity contribution is 0.407. The normalized spacial score (nSPS) is 11.5. The Balaban J connectivity index is 1.59. The monoisotopic (exact) mass is 493 g/mol. The van der Waals surface area contributed by atoms with E-state index in [9.17, 15) is 17.2 Å². The molecule has 0 atom stereocenters. The Kier molecular flexibility index (Phi) is 5.65. The standard InChI is InChI=1S/C25H17F2N3O4S/c1-35(31,32)18-7-5-16(6-8-18)33-17-11-15-12-21(22-14-28-9-10-29-22)30-24(15)23(13-17)34-25-19(26)3-2-4-20(25)27/h2-14,30H,1H3. The van der Waals surface area contributed by atoms with Crippen LogP contribution >= 0.6 is 0 Å². The zero-order chi connectivity index (χ0) is 24.6. The molecule has 0 aliphatic rings. The third-order valence-corrected chi connectivity index (χ3v) is 6.25. The minimum atomic E-state index is -3.36. The van der Waals surface area contributed by atoms with Gasteiger partial charge in [-0.3, -0.25) is 9.97 Å². The van der Waals surface area contributed by atoms with Crippen molar-refractivity contribution in [1.82, 2.24) is 15.0 Å². The van der Waals surface area contributed by atoms with Crippen molar-refractivity contribution in [2.45, 2.75) is 4.90 Å². The summed E-state index contributed by atoms with van der Waals surface area (Å²) in [6, 6.07) is 14.3. The van der Waals surface area contributed by atoms with Crippen LogP contribution in [0.15, 0.2) is 84.1 Å². The van der Waals surface area contributed by atoms with E-state index < -0.39 is 27.2 Å². The number of ether oxygens (including phenoxy) is 2. The van der Waals surface area contributed by atoms with Gasteiger partial charge in [-0.2, -0.15) is 0 Å². The number of aromatic nitrogens is 3. The van der Waals surface area contributed by atoms with E-state index in [0.29, 0.717) is 33.8 Å². The van der Waals surface area contributed by atoms with Crippen LogP contribution < -0.4 is 9.47 Å². The molecule has 10 heteroatoms. The summed E-state index contributed by atoms with van der Waals surface area (Å²) in [5, 5.41) is 0.627. The highest BCUT2D eigenvalue weighted by Gasteiger charge is 2.17. The molecule has 5 rings (SSSR count). The molecule has 0 aliphatic carbocycles. The average molecular weight is 493 g/mol. The maximum atomic E-state index is 14.3. The molecule has 3 aromatic carbocycles. The Labute approximate surface area is 198 Å². The van der Waals surface area contributed by atoms with Gasteiger partial charge in [0.2, 0.25) is 0 Å². The highest BCUT2D eigenvalue weighted by Crippen LogP contribution is 2.39. The maximum Gasteiger partial charge on any atom is 0.198 e. The summed E-state index contributed by atoms with van der Waals surface area (Å²) in [4.78, 5) is 11.6. The molecular formula is C25H17F2N3O4S. The quantitative estimate of drug-likeness (QED) is 0.317. The number of nitrogens with zero attached hydrogens (tertiary/aromatic N) is 2. The number of nitrogens with one attached hydrogen (secondary N) is 1. The van der Waals surface area contributed by atoms with Crippen LogP contribution in [0.5, 0.6) is 23.0 Å². The van der Waals surface area contributed by atoms with E-state index in [-0.39, 0.29) is 10.6 Å². The van der Waals surface area contributed by atoms with Gasteiger partial charge in [-0.15, -0.1) is 0 Å². The third kappa shape index (κ3) is 4.69. The number of fused-ring (bicyclic) bond motifs is 1. The van der Waals surface area contributed by atoms with Crippen LogP contribution in [0.1, 0.15) is 0 Å². The average Bonchev–Trinajstić information content (AvgIpc) is 3.26. The largest absolute Gasteiger partial charge is 0.457 e. The van der Waals surface area contributed by atoms with E-state index >= 15 is 0 Å². The first-order valence-corrected chi connectivity index (χ1v) is 12.2. The second-order valence-corrected chi connectivity index (χ2v) is 9.67. The second-order valence-electron chi connectivity index (χ2n) is 7.66. The number of sulfone groups is 1. The summed E-state index contributed by atoms with van der Waals surface area (Å²) in [5.74, 6) is -1.49. The molecule has 176 valence electrons. The van der Waals surface area contributed by atoms with Crippen LogP contribution in [0, 0.1) is 11.6 Å². The molecule has 5 aromatic rings. The number of benzene rings is 3. The molecule has 0 fully saturated rings. The van der Waals surface area contributed by atoms with Gasteiger partial charge in [0.15, 0.2) is 33.0 Å². The SMILES string of the molecule is CS(=O)(=O)c1ccc(Oc2cc(Oc3c(F)cccc3F)c3[nH]c(-c4cnccn4)cc3c2)cc1. The smallest absolute Gasteiger partial charge is 0.198 e. The predicted molar refractivity (Wildman–Crippen MR) is 125 cm³/mol. The zero-order valence-corrected chi connectivity index (χ0v) is 19.0. The summed E-state index contributed by atoms with van der Waals surface area (Å²) in [7, 11) is -3.36. The van der Waals surface area contributed by atoms with E-state index in [2.05, 4.69) is 15.0 Å². The number of halogens is 2. The molecule has 0 saturated heterocycles. The van der Waals surface area contributed by atoms with Crippen molar-refractivity contribution in [3.63, 3.8) is 0 Å². The molecule has 1 N–H and O–H groups in total. The van der Waals surface area contributed by atoms with Gasteiger partial charge in [0.1, 0.15) is 17.2 Å². The predicted octanol–water partition coefficient (Wildman–Crippen LogP) is 5.89. The van der Waals surface area contributed by atoms with Gasteiger partial charge >= 0.3 is 0 Å². The van der Waals surface area contributed by atoms with Crippen molar-refractivity contribution in [1.29, 1.82) is 0 Å². The van der Waals surface area contributed by atoms with E-state index in [4.69, 9.17) is 9.47 Å². The van der Waals surface area contributed by atoms with Crippen LogP contribution in [-0.4, -0.2) is 29.6 Å². The lowest BCUT2D eigenvalue weighted by Gasteiger charge is -2.12. The lowest BCUT2D eigenvalue weighted by Crippen LogP contribution is -1.96. The fourth-order valence-electron chi connectivity index (χ4n) is 3.48. The molecule has 2 heterocycles. The van der Waals surface area contributed by atoms with Crippen LogP contribution in [0.25, 0.3) is 22.3 Å². The molecule has 35 heavy (non-hydrogen) atoms. The fraction of sp³-hybridized carbons (Fsp3) is 0.0400. The molecule has 0 unspecified atom stereocenters. The summed E-state index contributed by atoms with van der Waals surface area (Å²) < 4.78 is 63.6. The summed E-state index contributed by atoms with van der Waals surface area (Å²) >= 11 is 0. The molecule has 0 spiro atoms. The van der Waals surface area contributed by atoms with Crippen molar-refractivity contribution in [3.8, 4) is 34.4 Å². The minimum Gasteiger partial charge on any atom is -0.457 e. The molecule has 0 radical (unpaired) electrons. The van der Waals surface area contributed by atoms with E-state index in [1.54, 1.807) is 30.7 Å². The Morgan fingerprint density at radius 3 is 2.29 bits per heavy atom. The van der Waals surface area contributed by atoms with Gasteiger partial charge in [0.05, 0.1) is 22.3 Å². The topological polar surface area (TPSA) is 94.2 Å². The summed E-state index contributed by atoms with van der Waals surface area (Å²) in [6.45, 7) is 0. The highest BCUT2D eigenvalue weighted by molar-refractivity contribution is 7.90. The highest BCUT2D eigenvalue weighted by atomic mass is 32.2. The third-order valence-electron chi connectivity index (χ3n) is 5.12. The number of aromatic amines is 1. The van der Waals surface area contributed by atoms with Crippen molar-refractivity contribution < 1.29 is 26.7 Å².